The number of nitrogens with one attached hydrogen (secondary N) is 1. The zero-order chi connectivity index (χ0) is 36.4. The molecule has 4 fully saturated rings. The zero-order valence-corrected chi connectivity index (χ0v) is 29.7. The van der Waals surface area contributed by atoms with Crippen LogP contribution in [-0.4, -0.2) is 144 Å². The van der Waals surface area contributed by atoms with E-state index in [-0.39, 0.29) is 54.5 Å². The van der Waals surface area contributed by atoms with E-state index in [1.807, 2.05) is 41.3 Å². The molecule has 0 bridgehead atoms. The number of amides is 6. The van der Waals surface area contributed by atoms with Crippen LogP contribution in [0, 0.1) is 5.92 Å². The average molecular weight is 714 g/mol. The van der Waals surface area contributed by atoms with E-state index in [4.69, 9.17) is 4.74 Å². The SMILES string of the molecule is C[C@H]1CN(C(=O)OCc2ccccc2)CCN1CCN1CCN(C(=O)C2CCN(c3ccc4c(c3)C(=O)N(C3CCC(=O)NC3=O)C4=O)CC2)CC1. The lowest BCUT2D eigenvalue weighted by atomic mass is 9.94. The Hall–Kier alpha value is -4.82. The number of piperidine rings is 2. The minimum Gasteiger partial charge on any atom is -0.445 e. The molecule has 2 aromatic carbocycles. The minimum absolute atomic E-state index is 0.0556. The molecule has 6 amide bonds. The van der Waals surface area contributed by atoms with E-state index in [0.717, 1.165) is 48.9 Å². The third-order valence-electron chi connectivity index (χ3n) is 11.2. The lowest BCUT2D eigenvalue weighted by Gasteiger charge is -2.42. The standard InChI is InChI=1S/C38H47N7O7/c1-26-24-44(38(51)52-25-27-5-3-2-4-6-27)22-21-41(26)18-15-40-16-19-43(20-17-40)35(48)28-11-13-42(14-12-28)29-7-8-30-31(23-29)37(50)45(36(30)49)32-9-10-33(46)39-34(32)47/h2-8,23,26,28,32H,9-22,24-25H2,1H3,(H,39,46,47)/t26-,32?/m0/s1. The minimum atomic E-state index is -0.994. The Bertz CT molecular complexity index is 1700. The monoisotopic (exact) mass is 713 g/mol. The fraction of sp³-hybridized carbons (Fsp3) is 0.526. The van der Waals surface area contributed by atoms with Crippen LogP contribution < -0.4 is 10.2 Å². The maximum atomic E-state index is 13.5. The third-order valence-corrected chi connectivity index (χ3v) is 11.2. The van der Waals surface area contributed by atoms with Crippen LogP contribution in [0.15, 0.2) is 48.5 Å². The number of rotatable bonds is 8. The van der Waals surface area contributed by atoms with Crippen LogP contribution in [0.5, 0.6) is 0 Å². The van der Waals surface area contributed by atoms with Crippen LogP contribution in [0.2, 0.25) is 0 Å². The molecular formula is C38H47N7O7. The van der Waals surface area contributed by atoms with Crippen molar-refractivity contribution >= 4 is 41.3 Å². The van der Waals surface area contributed by atoms with Gasteiger partial charge < -0.3 is 19.4 Å². The van der Waals surface area contributed by atoms with Gasteiger partial charge in [-0.25, -0.2) is 4.79 Å². The predicted molar refractivity (Wildman–Crippen MR) is 190 cm³/mol. The molecule has 2 atom stereocenters. The number of nitrogens with zero attached hydrogens (tertiary/aromatic N) is 6. The molecule has 14 nitrogen and oxygen atoms in total. The molecule has 0 radical (unpaired) electrons. The third kappa shape index (κ3) is 7.54. The highest BCUT2D eigenvalue weighted by atomic mass is 16.6. The molecule has 0 spiro atoms. The first kappa shape index (κ1) is 35.6. The Balaban J connectivity index is 0.825. The predicted octanol–water partition coefficient (Wildman–Crippen LogP) is 1.79. The number of carbonyl (C=O) groups excluding carboxylic acids is 6. The van der Waals surface area contributed by atoms with Gasteiger partial charge in [0.1, 0.15) is 12.6 Å². The summed E-state index contributed by atoms with van der Waals surface area (Å²) in [5.74, 6) is -1.92. The number of piperazine rings is 2. The van der Waals surface area contributed by atoms with E-state index in [9.17, 15) is 28.8 Å². The molecule has 52 heavy (non-hydrogen) atoms. The molecular weight excluding hydrogens is 666 g/mol. The Kier molecular flexibility index (Phi) is 10.6. The summed E-state index contributed by atoms with van der Waals surface area (Å²) in [6.07, 6.45) is 1.34. The van der Waals surface area contributed by atoms with Gasteiger partial charge in [-0.2, -0.15) is 0 Å². The number of ether oxygens (including phenoxy) is 1. The van der Waals surface area contributed by atoms with E-state index in [1.165, 1.54) is 0 Å². The summed E-state index contributed by atoms with van der Waals surface area (Å²) in [5.41, 5.74) is 2.31. The van der Waals surface area contributed by atoms with Gasteiger partial charge in [-0.05, 0) is 49.9 Å². The van der Waals surface area contributed by atoms with Crippen molar-refractivity contribution in [1.29, 1.82) is 0 Å². The number of fused-ring (bicyclic) bond motifs is 1. The van der Waals surface area contributed by atoms with E-state index < -0.39 is 29.7 Å². The number of hydrogen-bond donors (Lipinski definition) is 1. The Morgan fingerprint density at radius 3 is 2.21 bits per heavy atom. The second-order valence-corrected chi connectivity index (χ2v) is 14.5. The Labute approximate surface area is 303 Å². The number of benzene rings is 2. The molecule has 4 saturated heterocycles. The van der Waals surface area contributed by atoms with E-state index >= 15 is 0 Å². The first-order valence-electron chi connectivity index (χ1n) is 18.5. The van der Waals surface area contributed by atoms with Gasteiger partial charge in [0.25, 0.3) is 11.8 Å². The number of hydrogen-bond acceptors (Lipinski definition) is 10. The summed E-state index contributed by atoms with van der Waals surface area (Å²) in [5, 5.41) is 2.23. The smallest absolute Gasteiger partial charge is 0.410 e. The van der Waals surface area contributed by atoms with Crippen molar-refractivity contribution in [3.63, 3.8) is 0 Å². The van der Waals surface area contributed by atoms with Crippen molar-refractivity contribution in [2.45, 2.75) is 51.3 Å². The van der Waals surface area contributed by atoms with Crippen molar-refractivity contribution in [1.82, 2.24) is 29.8 Å². The van der Waals surface area contributed by atoms with Gasteiger partial charge in [-0.1, -0.05) is 30.3 Å². The molecule has 14 heteroatoms. The quantitative estimate of drug-likeness (QED) is 0.403. The maximum absolute atomic E-state index is 13.5. The second kappa shape index (κ2) is 15.4. The maximum Gasteiger partial charge on any atom is 0.410 e. The Morgan fingerprint density at radius 1 is 0.788 bits per heavy atom. The lowest BCUT2D eigenvalue weighted by Crippen LogP contribution is -2.56. The molecule has 2 aromatic rings. The van der Waals surface area contributed by atoms with Crippen LogP contribution in [0.1, 0.15) is 58.9 Å². The van der Waals surface area contributed by atoms with Gasteiger partial charge in [0, 0.05) is 96.1 Å². The molecule has 0 aliphatic carbocycles. The van der Waals surface area contributed by atoms with Gasteiger partial charge in [0.15, 0.2) is 0 Å². The number of anilines is 1. The van der Waals surface area contributed by atoms with Crippen molar-refractivity contribution < 1.29 is 33.5 Å². The summed E-state index contributed by atoms with van der Waals surface area (Å²) in [6, 6.07) is 14.1. The Morgan fingerprint density at radius 2 is 1.50 bits per heavy atom. The van der Waals surface area contributed by atoms with Crippen LogP contribution in [-0.2, 0) is 25.7 Å². The van der Waals surface area contributed by atoms with Gasteiger partial charge >= 0.3 is 6.09 Å². The highest BCUT2D eigenvalue weighted by Crippen LogP contribution is 2.32. The molecule has 0 saturated carbocycles. The summed E-state index contributed by atoms with van der Waals surface area (Å²) in [6.45, 7) is 10.8. The van der Waals surface area contributed by atoms with Gasteiger partial charge in [0.2, 0.25) is 17.7 Å². The van der Waals surface area contributed by atoms with Crippen molar-refractivity contribution in [3.05, 3.63) is 65.2 Å². The normalized spacial score (nSPS) is 23.6. The van der Waals surface area contributed by atoms with E-state index in [1.54, 1.807) is 17.0 Å². The summed E-state index contributed by atoms with van der Waals surface area (Å²) < 4.78 is 5.54. The van der Waals surface area contributed by atoms with Crippen molar-refractivity contribution in [3.8, 4) is 0 Å². The van der Waals surface area contributed by atoms with Crippen LogP contribution in [0.25, 0.3) is 0 Å². The molecule has 0 aromatic heterocycles. The summed E-state index contributed by atoms with van der Waals surface area (Å²) in [4.78, 5) is 88.3. The van der Waals surface area contributed by atoms with Crippen LogP contribution in [0.4, 0.5) is 10.5 Å². The highest BCUT2D eigenvalue weighted by Gasteiger charge is 2.45. The van der Waals surface area contributed by atoms with Crippen molar-refractivity contribution in [2.24, 2.45) is 5.92 Å². The molecule has 5 aliphatic heterocycles. The molecule has 1 N–H and O–H groups in total. The van der Waals surface area contributed by atoms with Gasteiger partial charge in [-0.3, -0.25) is 44.0 Å². The fourth-order valence-corrected chi connectivity index (χ4v) is 8.06. The van der Waals surface area contributed by atoms with Gasteiger partial charge in [-0.15, -0.1) is 0 Å². The molecule has 5 aliphatic rings. The largest absolute Gasteiger partial charge is 0.445 e. The van der Waals surface area contributed by atoms with Gasteiger partial charge in [0.05, 0.1) is 11.1 Å². The zero-order valence-electron chi connectivity index (χ0n) is 29.7. The average Bonchev–Trinajstić information content (AvgIpc) is 3.41. The molecule has 7 rings (SSSR count). The first-order valence-corrected chi connectivity index (χ1v) is 18.5. The van der Waals surface area contributed by atoms with Crippen LogP contribution in [0.3, 0.4) is 0 Å². The first-order chi connectivity index (χ1) is 25.2. The van der Waals surface area contributed by atoms with E-state index in [2.05, 4.69) is 26.9 Å². The number of carbonyl (C=O) groups is 6. The lowest BCUT2D eigenvalue weighted by molar-refractivity contribution is -0.138. The number of imide groups is 2. The topological polar surface area (TPSA) is 143 Å². The van der Waals surface area contributed by atoms with Crippen LogP contribution >= 0.6 is 0 Å². The molecule has 276 valence electrons. The summed E-state index contributed by atoms with van der Waals surface area (Å²) in [7, 11) is 0. The molecule has 1 unspecified atom stereocenters. The second-order valence-electron chi connectivity index (χ2n) is 14.5. The van der Waals surface area contributed by atoms with E-state index in [0.29, 0.717) is 52.1 Å². The van der Waals surface area contributed by atoms with Crippen molar-refractivity contribution in [2.75, 3.05) is 76.9 Å². The summed E-state index contributed by atoms with van der Waals surface area (Å²) >= 11 is 0. The molecule has 5 heterocycles. The highest BCUT2D eigenvalue weighted by molar-refractivity contribution is 6.23. The fourth-order valence-electron chi connectivity index (χ4n) is 8.06.